The number of aliphatic hydroxyl groups is 2. The molecule has 0 bridgehead atoms. The van der Waals surface area contributed by atoms with Gasteiger partial charge in [0.05, 0.1) is 23.5 Å². The van der Waals surface area contributed by atoms with Crippen LogP contribution in [0.4, 0.5) is 18.9 Å². The summed E-state index contributed by atoms with van der Waals surface area (Å²) < 4.78 is 42.9. The Hall–Kier alpha value is -3.01. The summed E-state index contributed by atoms with van der Waals surface area (Å²) in [6, 6.07) is 13.6. The zero-order valence-electron chi connectivity index (χ0n) is 21.8. The third-order valence-electron chi connectivity index (χ3n) is 7.96. The molecule has 2 aromatic carbocycles. The van der Waals surface area contributed by atoms with Crippen molar-refractivity contribution in [2.24, 2.45) is 5.92 Å². The molecule has 1 aromatic heterocycles. The highest BCUT2D eigenvalue weighted by atomic mass is 35.5. The zero-order chi connectivity index (χ0) is 28.3. The zero-order valence-corrected chi connectivity index (χ0v) is 22.6. The van der Waals surface area contributed by atoms with Gasteiger partial charge in [0.2, 0.25) is 5.88 Å². The van der Waals surface area contributed by atoms with E-state index in [-0.39, 0.29) is 5.69 Å². The Morgan fingerprint density at radius 2 is 1.74 bits per heavy atom. The van der Waals surface area contributed by atoms with Crippen molar-refractivity contribution in [3.63, 3.8) is 0 Å². The molecular formula is C29H31ClF3N3O3. The lowest BCUT2D eigenvalue weighted by atomic mass is 9.64. The quantitative estimate of drug-likeness (QED) is 0.335. The number of rotatable bonds is 6. The van der Waals surface area contributed by atoms with E-state index in [9.17, 15) is 28.5 Å². The van der Waals surface area contributed by atoms with Gasteiger partial charge in [-0.1, -0.05) is 63.1 Å². The molecule has 0 saturated heterocycles. The minimum Gasteiger partial charge on any atom is -0.493 e. The van der Waals surface area contributed by atoms with Crippen LogP contribution in [0.1, 0.15) is 56.4 Å². The molecule has 1 fully saturated rings. The second-order valence-electron chi connectivity index (χ2n) is 10.8. The number of alkyl halides is 3. The molecular weight excluding hydrogens is 531 g/mol. The van der Waals surface area contributed by atoms with Gasteiger partial charge in [0.1, 0.15) is 0 Å². The molecule has 2 unspecified atom stereocenters. The highest BCUT2D eigenvalue weighted by Crippen LogP contribution is 2.54. The SMILES string of the molecule is CCCCN1C(=CC2C(O)C(c3c(C(F)(F)F)nn(-c4ccccc4)c3O)C2O)C(C)(C)c2cc(Cl)ccc21. The normalized spacial score (nSPS) is 25.2. The number of halogens is 4. The summed E-state index contributed by atoms with van der Waals surface area (Å²) in [4.78, 5) is 2.13. The number of hydrogen-bond donors (Lipinski definition) is 3. The fraction of sp³-hybridized carbons (Fsp3) is 0.414. The van der Waals surface area contributed by atoms with E-state index in [1.165, 1.54) is 12.1 Å². The van der Waals surface area contributed by atoms with Crippen LogP contribution >= 0.6 is 11.6 Å². The Balaban J connectivity index is 1.53. The van der Waals surface area contributed by atoms with Crippen molar-refractivity contribution in [3.8, 4) is 11.6 Å². The number of benzene rings is 2. The van der Waals surface area contributed by atoms with Crippen LogP contribution in [-0.4, -0.2) is 43.9 Å². The van der Waals surface area contributed by atoms with Gasteiger partial charge in [-0.3, -0.25) is 0 Å². The molecule has 1 aliphatic carbocycles. The van der Waals surface area contributed by atoms with Crippen molar-refractivity contribution in [3.05, 3.63) is 82.1 Å². The van der Waals surface area contributed by atoms with Gasteiger partial charge in [0, 0.05) is 40.2 Å². The van der Waals surface area contributed by atoms with E-state index in [0.717, 1.165) is 34.5 Å². The highest BCUT2D eigenvalue weighted by Gasteiger charge is 2.55. The maximum Gasteiger partial charge on any atom is 0.435 e. The summed E-state index contributed by atoms with van der Waals surface area (Å²) in [6.07, 6.45) is -4.03. The second-order valence-corrected chi connectivity index (χ2v) is 11.2. The smallest absolute Gasteiger partial charge is 0.435 e. The van der Waals surface area contributed by atoms with Crippen LogP contribution in [0.15, 0.2) is 60.3 Å². The Labute approximate surface area is 230 Å². The first kappa shape index (κ1) is 27.6. The number of unbranched alkanes of at least 4 members (excludes halogenated alkanes) is 1. The van der Waals surface area contributed by atoms with Gasteiger partial charge in [0.25, 0.3) is 0 Å². The monoisotopic (exact) mass is 561 g/mol. The number of anilines is 1. The molecule has 0 spiro atoms. The van der Waals surface area contributed by atoms with Gasteiger partial charge in [-0.2, -0.15) is 18.3 Å². The molecule has 2 atom stereocenters. The number of para-hydroxylation sites is 1. The van der Waals surface area contributed by atoms with Gasteiger partial charge in [-0.15, -0.1) is 0 Å². The van der Waals surface area contributed by atoms with E-state index in [0.29, 0.717) is 11.6 Å². The van der Waals surface area contributed by atoms with E-state index in [2.05, 4.69) is 16.9 Å². The molecule has 6 nitrogen and oxygen atoms in total. The number of aromatic nitrogens is 2. The van der Waals surface area contributed by atoms with Crippen LogP contribution in [-0.2, 0) is 11.6 Å². The van der Waals surface area contributed by atoms with Crippen LogP contribution in [0.2, 0.25) is 5.02 Å². The van der Waals surface area contributed by atoms with Crippen molar-refractivity contribution in [2.45, 2.75) is 63.3 Å². The Morgan fingerprint density at radius 3 is 2.36 bits per heavy atom. The summed E-state index contributed by atoms with van der Waals surface area (Å²) in [5.41, 5.74) is 0.592. The number of fused-ring (bicyclic) bond motifs is 1. The molecule has 2 heterocycles. The van der Waals surface area contributed by atoms with Gasteiger partial charge in [0.15, 0.2) is 5.69 Å². The van der Waals surface area contributed by atoms with Crippen molar-refractivity contribution >= 4 is 17.3 Å². The van der Waals surface area contributed by atoms with E-state index in [1.54, 1.807) is 24.3 Å². The fourth-order valence-electron chi connectivity index (χ4n) is 5.85. The minimum atomic E-state index is -4.90. The third-order valence-corrected chi connectivity index (χ3v) is 8.20. The standard InChI is InChI=1S/C29H31ClF3N3O3/c1-4-5-13-35-20-12-11-16(30)14-19(20)28(2,3)21(35)15-18-24(37)22(25(18)38)23-26(29(31,32)33)34-36(27(23)39)17-9-7-6-8-10-17/h6-12,14-15,18,22,24-25,37-39H,4-5,13H2,1-3H3. The van der Waals surface area contributed by atoms with Crippen molar-refractivity contribution in [1.29, 1.82) is 0 Å². The van der Waals surface area contributed by atoms with E-state index in [1.807, 2.05) is 32.0 Å². The second kappa shape index (κ2) is 9.87. The first-order valence-electron chi connectivity index (χ1n) is 13.0. The fourth-order valence-corrected chi connectivity index (χ4v) is 6.02. The lowest BCUT2D eigenvalue weighted by Crippen LogP contribution is -2.53. The molecule has 3 N–H and O–H groups in total. The average Bonchev–Trinajstić information content (AvgIpc) is 3.33. The van der Waals surface area contributed by atoms with Crippen molar-refractivity contribution < 1.29 is 28.5 Å². The van der Waals surface area contributed by atoms with Crippen LogP contribution < -0.4 is 4.90 Å². The number of aromatic hydroxyl groups is 1. The van der Waals surface area contributed by atoms with Crippen LogP contribution in [0, 0.1) is 5.92 Å². The summed E-state index contributed by atoms with van der Waals surface area (Å²) in [6.45, 7) is 6.82. The topological polar surface area (TPSA) is 81.8 Å². The van der Waals surface area contributed by atoms with Gasteiger partial charge in [-0.25, -0.2) is 4.68 Å². The summed E-state index contributed by atoms with van der Waals surface area (Å²) >= 11 is 6.30. The van der Waals surface area contributed by atoms with E-state index < -0.39 is 52.8 Å². The highest BCUT2D eigenvalue weighted by molar-refractivity contribution is 6.30. The molecule has 10 heteroatoms. The van der Waals surface area contributed by atoms with Crippen molar-refractivity contribution in [2.75, 3.05) is 11.4 Å². The summed E-state index contributed by atoms with van der Waals surface area (Å²) in [7, 11) is 0. The van der Waals surface area contributed by atoms with Gasteiger partial charge < -0.3 is 20.2 Å². The van der Waals surface area contributed by atoms with Crippen LogP contribution in [0.5, 0.6) is 5.88 Å². The van der Waals surface area contributed by atoms with E-state index in [4.69, 9.17) is 11.6 Å². The molecule has 5 rings (SSSR count). The molecule has 39 heavy (non-hydrogen) atoms. The lowest BCUT2D eigenvalue weighted by Gasteiger charge is -2.46. The van der Waals surface area contributed by atoms with Crippen LogP contribution in [0.3, 0.4) is 0 Å². The minimum absolute atomic E-state index is 0.226. The molecule has 2 aliphatic rings. The first-order chi connectivity index (χ1) is 18.4. The molecule has 1 aliphatic heterocycles. The summed E-state index contributed by atoms with van der Waals surface area (Å²) in [5.74, 6) is -2.97. The average molecular weight is 562 g/mol. The Morgan fingerprint density at radius 1 is 1.08 bits per heavy atom. The summed E-state index contributed by atoms with van der Waals surface area (Å²) in [5, 5.41) is 37.5. The molecule has 3 aromatic rings. The molecule has 0 radical (unpaired) electrons. The third kappa shape index (κ3) is 4.50. The van der Waals surface area contributed by atoms with Gasteiger partial charge >= 0.3 is 6.18 Å². The number of hydrogen-bond acceptors (Lipinski definition) is 5. The first-order valence-corrected chi connectivity index (χ1v) is 13.4. The Bertz CT molecular complexity index is 1390. The van der Waals surface area contributed by atoms with E-state index >= 15 is 0 Å². The van der Waals surface area contributed by atoms with Crippen molar-refractivity contribution in [1.82, 2.24) is 9.78 Å². The predicted molar refractivity (Wildman–Crippen MR) is 143 cm³/mol. The largest absolute Gasteiger partial charge is 0.493 e. The molecule has 0 amide bonds. The van der Waals surface area contributed by atoms with Crippen LogP contribution in [0.25, 0.3) is 5.69 Å². The molecule has 1 saturated carbocycles. The number of allylic oxidation sites excluding steroid dienone is 1. The van der Waals surface area contributed by atoms with Gasteiger partial charge in [-0.05, 0) is 42.3 Å². The Kier molecular flexibility index (Phi) is 6.97. The molecule has 208 valence electrons. The number of aliphatic hydroxyl groups excluding tert-OH is 2. The maximum atomic E-state index is 14.0. The predicted octanol–water partition coefficient (Wildman–Crippen LogP) is 6.17. The lowest BCUT2D eigenvalue weighted by molar-refractivity contribution is -0.145. The maximum absolute atomic E-state index is 14.0. The number of nitrogens with zero attached hydrogens (tertiary/aromatic N) is 3.